The van der Waals surface area contributed by atoms with Crippen LogP contribution in [0.3, 0.4) is 0 Å². The highest BCUT2D eigenvalue weighted by molar-refractivity contribution is 7.13. The Morgan fingerprint density at radius 2 is 2.22 bits per heavy atom. The summed E-state index contributed by atoms with van der Waals surface area (Å²) >= 11 is 1.42. The van der Waals surface area contributed by atoms with Crippen LogP contribution in [0.1, 0.15) is 23.8 Å². The fourth-order valence-electron chi connectivity index (χ4n) is 2.71. The summed E-state index contributed by atoms with van der Waals surface area (Å²) in [5.41, 5.74) is 1.31. The number of nitrogens with zero attached hydrogens (tertiary/aromatic N) is 2. The molecule has 6 heteroatoms. The van der Waals surface area contributed by atoms with Gasteiger partial charge in [0.15, 0.2) is 0 Å². The maximum absolute atomic E-state index is 12.6. The SMILES string of the molecule is COc1ccccc1-c1nc(C(=O)N2CCC(C)C(O)C2)cs1. The highest BCUT2D eigenvalue weighted by Gasteiger charge is 2.29. The van der Waals surface area contributed by atoms with Gasteiger partial charge >= 0.3 is 0 Å². The number of rotatable bonds is 3. The average Bonchev–Trinajstić information content (AvgIpc) is 3.06. The van der Waals surface area contributed by atoms with Crippen LogP contribution in [0, 0.1) is 5.92 Å². The zero-order valence-electron chi connectivity index (χ0n) is 13.2. The standard InChI is InChI=1S/C17H20N2O3S/c1-11-7-8-19(9-14(11)20)17(21)13-10-23-16(18-13)12-5-3-4-6-15(12)22-2/h3-6,10-11,14,20H,7-9H2,1-2H3. The van der Waals surface area contributed by atoms with Crippen LogP contribution >= 0.6 is 11.3 Å². The van der Waals surface area contributed by atoms with E-state index in [0.29, 0.717) is 18.8 Å². The average molecular weight is 332 g/mol. The van der Waals surface area contributed by atoms with Crippen molar-refractivity contribution in [1.29, 1.82) is 0 Å². The minimum atomic E-state index is -0.458. The van der Waals surface area contributed by atoms with Gasteiger partial charge < -0.3 is 14.7 Å². The van der Waals surface area contributed by atoms with Crippen LogP contribution in [-0.4, -0.2) is 47.2 Å². The van der Waals surface area contributed by atoms with Gasteiger partial charge in [-0.05, 0) is 24.5 Å². The zero-order chi connectivity index (χ0) is 16.4. The molecule has 1 aliphatic rings. The molecule has 2 atom stereocenters. The van der Waals surface area contributed by atoms with Gasteiger partial charge in [0.2, 0.25) is 0 Å². The summed E-state index contributed by atoms with van der Waals surface area (Å²) in [5, 5.41) is 12.5. The number of ether oxygens (including phenoxy) is 1. The molecular formula is C17H20N2O3S. The number of β-amino-alcohol motifs (C(OH)–C–C–N with tert-alkyl or cyclic N) is 1. The smallest absolute Gasteiger partial charge is 0.273 e. The summed E-state index contributed by atoms with van der Waals surface area (Å²) in [5.74, 6) is 0.857. The minimum Gasteiger partial charge on any atom is -0.496 e. The lowest BCUT2D eigenvalue weighted by atomic mass is 9.96. The number of hydrogen-bond acceptors (Lipinski definition) is 5. The monoisotopic (exact) mass is 332 g/mol. The van der Waals surface area contributed by atoms with Crippen molar-refractivity contribution >= 4 is 17.2 Å². The van der Waals surface area contributed by atoms with E-state index in [1.54, 1.807) is 17.4 Å². The number of aliphatic hydroxyl groups is 1. The predicted octanol–water partition coefficient (Wildman–Crippen LogP) is 2.66. The van der Waals surface area contributed by atoms with E-state index in [2.05, 4.69) is 4.98 Å². The third-order valence-electron chi connectivity index (χ3n) is 4.27. The first kappa shape index (κ1) is 16.0. The Morgan fingerprint density at radius 1 is 1.43 bits per heavy atom. The van der Waals surface area contributed by atoms with Crippen LogP contribution in [0.25, 0.3) is 10.6 Å². The van der Waals surface area contributed by atoms with Crippen LogP contribution in [0.5, 0.6) is 5.75 Å². The normalized spacial score (nSPS) is 21.3. The molecule has 2 unspecified atom stereocenters. The molecule has 0 bridgehead atoms. The maximum Gasteiger partial charge on any atom is 0.273 e. The number of piperidine rings is 1. The van der Waals surface area contributed by atoms with Crippen molar-refractivity contribution in [1.82, 2.24) is 9.88 Å². The Labute approximate surface area is 139 Å². The van der Waals surface area contributed by atoms with E-state index in [1.807, 2.05) is 31.2 Å². The number of thiazole rings is 1. The van der Waals surface area contributed by atoms with Crippen LogP contribution in [0.4, 0.5) is 0 Å². The molecule has 122 valence electrons. The fourth-order valence-corrected chi connectivity index (χ4v) is 3.54. The van der Waals surface area contributed by atoms with Gasteiger partial charge in [0.05, 0.1) is 18.8 Å². The summed E-state index contributed by atoms with van der Waals surface area (Å²) < 4.78 is 5.35. The quantitative estimate of drug-likeness (QED) is 0.938. The van der Waals surface area contributed by atoms with E-state index < -0.39 is 6.10 Å². The minimum absolute atomic E-state index is 0.117. The number of amides is 1. The van der Waals surface area contributed by atoms with Crippen molar-refractivity contribution in [3.63, 3.8) is 0 Å². The number of para-hydroxylation sites is 1. The molecule has 0 spiro atoms. The number of hydrogen-bond donors (Lipinski definition) is 1. The lowest BCUT2D eigenvalue weighted by Crippen LogP contribution is -2.45. The highest BCUT2D eigenvalue weighted by atomic mass is 32.1. The van der Waals surface area contributed by atoms with Crippen molar-refractivity contribution in [2.45, 2.75) is 19.4 Å². The molecule has 5 nitrogen and oxygen atoms in total. The summed E-state index contributed by atoms with van der Waals surface area (Å²) in [6.07, 6.45) is 0.358. The molecule has 1 aromatic heterocycles. The van der Waals surface area contributed by atoms with Crippen molar-refractivity contribution in [2.75, 3.05) is 20.2 Å². The molecule has 2 aromatic rings. The summed E-state index contributed by atoms with van der Waals surface area (Å²) in [4.78, 5) is 18.7. The number of carbonyl (C=O) groups excluding carboxylic acids is 1. The Morgan fingerprint density at radius 3 is 2.96 bits per heavy atom. The summed E-state index contributed by atoms with van der Waals surface area (Å²) in [7, 11) is 1.62. The van der Waals surface area contributed by atoms with Crippen molar-refractivity contribution < 1.29 is 14.6 Å². The van der Waals surface area contributed by atoms with Crippen LogP contribution in [-0.2, 0) is 0 Å². The summed E-state index contributed by atoms with van der Waals surface area (Å²) in [6.45, 7) is 3.05. The third-order valence-corrected chi connectivity index (χ3v) is 5.14. The molecule has 1 aromatic carbocycles. The molecule has 0 saturated carbocycles. The van der Waals surface area contributed by atoms with Gasteiger partial charge in [0, 0.05) is 18.5 Å². The highest BCUT2D eigenvalue weighted by Crippen LogP contribution is 2.32. The second kappa shape index (κ2) is 6.68. The molecule has 1 saturated heterocycles. The van der Waals surface area contributed by atoms with Crippen molar-refractivity contribution in [3.05, 3.63) is 35.3 Å². The van der Waals surface area contributed by atoms with Crippen molar-refractivity contribution in [2.24, 2.45) is 5.92 Å². The third kappa shape index (κ3) is 3.23. The Bertz CT molecular complexity index is 701. The largest absolute Gasteiger partial charge is 0.496 e. The van der Waals surface area contributed by atoms with Crippen LogP contribution < -0.4 is 4.74 Å². The topological polar surface area (TPSA) is 62.7 Å². The second-order valence-corrected chi connectivity index (χ2v) is 6.68. The molecule has 1 fully saturated rings. The fraction of sp³-hybridized carbons (Fsp3) is 0.412. The Kier molecular flexibility index (Phi) is 4.63. The van der Waals surface area contributed by atoms with E-state index in [1.165, 1.54) is 11.3 Å². The van der Waals surface area contributed by atoms with E-state index in [9.17, 15) is 9.90 Å². The van der Waals surface area contributed by atoms with Gasteiger partial charge in [-0.2, -0.15) is 0 Å². The maximum atomic E-state index is 12.6. The van der Waals surface area contributed by atoms with Gasteiger partial charge in [-0.15, -0.1) is 11.3 Å². The molecule has 23 heavy (non-hydrogen) atoms. The second-order valence-electron chi connectivity index (χ2n) is 5.82. The summed E-state index contributed by atoms with van der Waals surface area (Å²) in [6, 6.07) is 7.63. The first-order valence-corrected chi connectivity index (χ1v) is 8.54. The van der Waals surface area contributed by atoms with E-state index in [0.717, 1.165) is 22.7 Å². The molecule has 2 heterocycles. The number of carbonyl (C=O) groups is 1. The van der Waals surface area contributed by atoms with Crippen LogP contribution in [0.15, 0.2) is 29.6 Å². The Hall–Kier alpha value is -1.92. The van der Waals surface area contributed by atoms with Gasteiger partial charge in [-0.1, -0.05) is 19.1 Å². The van der Waals surface area contributed by atoms with E-state index >= 15 is 0 Å². The molecule has 1 amide bonds. The Balaban J connectivity index is 1.80. The van der Waals surface area contributed by atoms with E-state index in [4.69, 9.17) is 4.74 Å². The molecule has 1 N–H and O–H groups in total. The number of likely N-dealkylation sites (tertiary alicyclic amines) is 1. The first-order chi connectivity index (χ1) is 11.1. The molecule has 0 aliphatic carbocycles. The number of methoxy groups -OCH3 is 1. The van der Waals surface area contributed by atoms with Gasteiger partial charge in [0.25, 0.3) is 5.91 Å². The predicted molar refractivity (Wildman–Crippen MR) is 89.8 cm³/mol. The molecule has 1 aliphatic heterocycles. The number of aromatic nitrogens is 1. The number of aliphatic hydroxyl groups excluding tert-OH is 1. The van der Waals surface area contributed by atoms with Gasteiger partial charge in [-0.3, -0.25) is 4.79 Å². The van der Waals surface area contributed by atoms with Crippen molar-refractivity contribution in [3.8, 4) is 16.3 Å². The molecule has 0 radical (unpaired) electrons. The molecule has 3 rings (SSSR count). The molecular weight excluding hydrogens is 312 g/mol. The van der Waals surface area contributed by atoms with Gasteiger partial charge in [-0.25, -0.2) is 4.98 Å². The van der Waals surface area contributed by atoms with Gasteiger partial charge in [0.1, 0.15) is 16.5 Å². The number of benzene rings is 1. The van der Waals surface area contributed by atoms with E-state index in [-0.39, 0.29) is 11.8 Å². The lowest BCUT2D eigenvalue weighted by Gasteiger charge is -2.33. The first-order valence-electron chi connectivity index (χ1n) is 7.66. The van der Waals surface area contributed by atoms with Crippen LogP contribution in [0.2, 0.25) is 0 Å². The lowest BCUT2D eigenvalue weighted by molar-refractivity contribution is 0.0246. The zero-order valence-corrected chi connectivity index (χ0v) is 14.0.